The molecule has 4 N–H and O–H groups in total. The van der Waals surface area contributed by atoms with Gasteiger partial charge in [-0.2, -0.15) is 0 Å². The molecule has 2 amide bonds. The van der Waals surface area contributed by atoms with Crippen molar-refractivity contribution in [3.8, 4) is 11.5 Å². The van der Waals surface area contributed by atoms with Gasteiger partial charge in [-0.05, 0) is 87.5 Å². The van der Waals surface area contributed by atoms with E-state index in [1.807, 2.05) is 12.1 Å². The van der Waals surface area contributed by atoms with Crippen molar-refractivity contribution >= 4 is 17.9 Å². The van der Waals surface area contributed by atoms with Gasteiger partial charge in [-0.15, -0.1) is 6.58 Å². The van der Waals surface area contributed by atoms with E-state index in [0.29, 0.717) is 49.6 Å². The summed E-state index contributed by atoms with van der Waals surface area (Å²) in [6.07, 6.45) is 21.4. The van der Waals surface area contributed by atoms with Crippen molar-refractivity contribution in [2.24, 2.45) is 22.9 Å². The van der Waals surface area contributed by atoms with Gasteiger partial charge >= 0.3 is 12.2 Å². The number of aliphatic hydroxyl groups excluding tert-OH is 3. The van der Waals surface area contributed by atoms with Crippen molar-refractivity contribution in [3.05, 3.63) is 48.1 Å². The minimum absolute atomic E-state index is 0.0131. The first kappa shape index (κ1) is 54.2. The van der Waals surface area contributed by atoms with E-state index in [4.69, 9.17) is 38.4 Å². The van der Waals surface area contributed by atoms with Gasteiger partial charge in [-0.1, -0.05) is 94.9 Å². The largest absolute Gasteiger partial charge is 0.459 e. The lowest BCUT2D eigenvalue weighted by Gasteiger charge is -2.59. The van der Waals surface area contributed by atoms with E-state index in [1.54, 1.807) is 24.0 Å². The Morgan fingerprint density at radius 1 is 0.925 bits per heavy atom. The highest BCUT2D eigenvalue weighted by molar-refractivity contribution is 6.03. The van der Waals surface area contributed by atoms with Gasteiger partial charge in [0.15, 0.2) is 0 Å². The Hall–Kier alpha value is -3.73. The highest BCUT2D eigenvalue weighted by atomic mass is 16.8. The zero-order valence-electron chi connectivity index (χ0n) is 40.7. The van der Waals surface area contributed by atoms with Gasteiger partial charge in [0.1, 0.15) is 17.5 Å². The SMILES string of the molecule is C=CCO[C@@]12Oc3ccc(OC(=O)NCCCCCCCCCCCC)cc3[C@H]3[C@H](CCCCO)[C@@H](CCCCO)C=C(C(=NOC4CCCCO4)C[C@@H]1N(CCOCCO)C(=O)OCC)[C@H]32. The predicted molar refractivity (Wildman–Crippen MR) is 257 cm³/mol. The number of carbonyl (C=O) groups is 2. The van der Waals surface area contributed by atoms with Crippen molar-refractivity contribution in [3.63, 3.8) is 0 Å². The summed E-state index contributed by atoms with van der Waals surface area (Å²) in [5.41, 5.74) is 2.34. The number of hydrogen-bond donors (Lipinski definition) is 4. The van der Waals surface area contributed by atoms with Crippen LogP contribution in [0.4, 0.5) is 9.59 Å². The van der Waals surface area contributed by atoms with Crippen molar-refractivity contribution < 1.29 is 58.2 Å². The minimum Gasteiger partial charge on any atom is -0.459 e. The molecule has 0 radical (unpaired) electrons. The fraction of sp³-hybridized carbons (Fsp3) is 0.750. The lowest BCUT2D eigenvalue weighted by atomic mass is 9.55. The fourth-order valence-corrected chi connectivity index (χ4v) is 10.5. The maximum absolute atomic E-state index is 14.2. The van der Waals surface area contributed by atoms with Gasteiger partial charge in [0, 0.05) is 50.6 Å². The summed E-state index contributed by atoms with van der Waals surface area (Å²) in [7, 11) is 0. The Morgan fingerprint density at radius 3 is 2.36 bits per heavy atom. The molecule has 0 bridgehead atoms. The Balaban J connectivity index is 1.56. The normalized spacial score (nSPS) is 24.7. The van der Waals surface area contributed by atoms with Crippen molar-refractivity contribution in [2.45, 2.75) is 166 Å². The molecule has 7 atom stereocenters. The van der Waals surface area contributed by atoms with Crippen LogP contribution in [0.2, 0.25) is 0 Å². The topological polar surface area (TPSA) is 187 Å². The van der Waals surface area contributed by atoms with E-state index in [1.165, 1.54) is 44.9 Å². The quantitative estimate of drug-likeness (QED) is 0.0305. The number of unbranched alkanes of at least 4 members (excludes halogenated alkanes) is 11. The second kappa shape index (κ2) is 30.0. The van der Waals surface area contributed by atoms with E-state index in [0.717, 1.165) is 68.9 Å². The highest BCUT2D eigenvalue weighted by Gasteiger charge is 2.65. The van der Waals surface area contributed by atoms with Crippen LogP contribution in [0, 0.1) is 17.8 Å². The Labute approximate surface area is 399 Å². The van der Waals surface area contributed by atoms with E-state index in [9.17, 15) is 24.9 Å². The second-order valence-corrected chi connectivity index (χ2v) is 18.4. The van der Waals surface area contributed by atoms with E-state index >= 15 is 0 Å². The number of aliphatic hydroxyl groups is 3. The molecule has 1 aromatic rings. The van der Waals surface area contributed by atoms with Gasteiger partial charge in [-0.25, -0.2) is 9.59 Å². The zero-order chi connectivity index (χ0) is 47.7. The lowest BCUT2D eigenvalue weighted by Crippen LogP contribution is -2.70. The average Bonchev–Trinajstić information content (AvgIpc) is 3.33. The number of allylic oxidation sites excluding steroid dienone is 1. The molecular weight excluding hydrogens is 859 g/mol. The molecule has 2 aliphatic heterocycles. The molecule has 1 saturated carbocycles. The zero-order valence-corrected chi connectivity index (χ0v) is 40.7. The molecule has 0 spiro atoms. The average molecular weight is 942 g/mol. The van der Waals surface area contributed by atoms with Gasteiger partial charge in [-0.3, -0.25) is 4.90 Å². The molecule has 15 heteroatoms. The van der Waals surface area contributed by atoms with Crippen LogP contribution in [-0.4, -0.2) is 122 Å². The summed E-state index contributed by atoms with van der Waals surface area (Å²) >= 11 is 0. The molecule has 2 fully saturated rings. The number of rotatable bonds is 32. The minimum atomic E-state index is -1.51. The fourth-order valence-electron chi connectivity index (χ4n) is 10.5. The standard InChI is InChI=1S/C52H83N3O12/c1-4-7-8-9-10-11-12-13-14-18-27-53-50(59)65-40-25-26-45-43(37-40)48-41(23-16-20-30-57)39(22-15-19-29-56)36-42-44(54-67-47-24-17-21-33-63-47)38-46(52(66-45,49(42)48)64-32-5-2)55(51(60)62-6-3)28-34-61-35-31-58/h5,25-26,36-37,39,41,46-49,56-58H,2,4,6-24,27-35,38H2,1,3H3,(H,53,59)/t39-,41+,46-,47?,48+,49+,52+/m0/s1. The molecule has 0 aromatic heterocycles. The lowest BCUT2D eigenvalue weighted by molar-refractivity contribution is -0.256. The third-order valence-electron chi connectivity index (χ3n) is 13.7. The third kappa shape index (κ3) is 15.6. The van der Waals surface area contributed by atoms with Crippen molar-refractivity contribution in [2.75, 3.05) is 65.9 Å². The molecule has 67 heavy (non-hydrogen) atoms. The van der Waals surface area contributed by atoms with Crippen molar-refractivity contribution in [1.29, 1.82) is 0 Å². The first-order valence-electron chi connectivity index (χ1n) is 25.8. The molecule has 378 valence electrons. The highest BCUT2D eigenvalue weighted by Crippen LogP contribution is 2.62. The number of amides is 2. The first-order chi connectivity index (χ1) is 32.8. The molecule has 1 aromatic carbocycles. The number of ether oxygens (including phenoxy) is 6. The van der Waals surface area contributed by atoms with Crippen LogP contribution >= 0.6 is 0 Å². The van der Waals surface area contributed by atoms with Crippen LogP contribution in [0.3, 0.4) is 0 Å². The molecule has 1 unspecified atom stereocenters. The monoisotopic (exact) mass is 942 g/mol. The Morgan fingerprint density at radius 2 is 1.67 bits per heavy atom. The summed E-state index contributed by atoms with van der Waals surface area (Å²) in [6.45, 7) is 9.58. The molecule has 2 heterocycles. The van der Waals surface area contributed by atoms with Crippen LogP contribution in [0.15, 0.2) is 47.7 Å². The maximum atomic E-state index is 14.2. The van der Waals surface area contributed by atoms with Gasteiger partial charge in [0.05, 0.1) is 51.3 Å². The van der Waals surface area contributed by atoms with Crippen LogP contribution < -0.4 is 14.8 Å². The number of hydrogen-bond acceptors (Lipinski definition) is 13. The molecule has 2 aliphatic carbocycles. The van der Waals surface area contributed by atoms with E-state index < -0.39 is 36.2 Å². The van der Waals surface area contributed by atoms with E-state index in [-0.39, 0.29) is 77.0 Å². The molecule has 1 saturated heterocycles. The van der Waals surface area contributed by atoms with Gasteiger partial charge in [0.2, 0.25) is 12.1 Å². The van der Waals surface area contributed by atoms with Crippen LogP contribution in [0.5, 0.6) is 11.5 Å². The summed E-state index contributed by atoms with van der Waals surface area (Å²) in [5, 5.41) is 37.3. The first-order valence-corrected chi connectivity index (χ1v) is 25.8. The van der Waals surface area contributed by atoms with Crippen LogP contribution in [-0.2, 0) is 23.8 Å². The summed E-state index contributed by atoms with van der Waals surface area (Å²) in [5.74, 6) is -1.52. The number of nitrogens with zero attached hydrogens (tertiary/aromatic N) is 2. The molecule has 4 aliphatic rings. The summed E-state index contributed by atoms with van der Waals surface area (Å²) in [6, 6.07) is 4.63. The third-order valence-corrected chi connectivity index (χ3v) is 13.7. The smallest absolute Gasteiger partial charge is 0.412 e. The summed E-state index contributed by atoms with van der Waals surface area (Å²) in [4.78, 5) is 35.4. The van der Waals surface area contributed by atoms with E-state index in [2.05, 4.69) is 24.9 Å². The Kier molecular flexibility index (Phi) is 24.3. The Bertz CT molecular complexity index is 1690. The van der Waals surface area contributed by atoms with Crippen LogP contribution in [0.25, 0.3) is 0 Å². The maximum Gasteiger partial charge on any atom is 0.412 e. The molecule has 5 rings (SSSR count). The number of benzene rings is 1. The number of fused-ring (bicyclic) bond motifs is 2. The van der Waals surface area contributed by atoms with Crippen molar-refractivity contribution in [1.82, 2.24) is 10.2 Å². The van der Waals surface area contributed by atoms with Gasteiger partial charge in [0.25, 0.3) is 0 Å². The molecule has 15 nitrogen and oxygen atoms in total. The number of nitrogens with one attached hydrogen (secondary N) is 1. The second-order valence-electron chi connectivity index (χ2n) is 18.4. The number of oxime groups is 1. The summed E-state index contributed by atoms with van der Waals surface area (Å²) < 4.78 is 37.7. The predicted octanol–water partition coefficient (Wildman–Crippen LogP) is 9.32. The van der Waals surface area contributed by atoms with Crippen LogP contribution in [0.1, 0.15) is 154 Å². The number of carbonyl (C=O) groups excluding carboxylic acids is 2. The van der Waals surface area contributed by atoms with Gasteiger partial charge < -0.3 is 53.9 Å². The molecular formula is C52H83N3O12.